The SMILES string of the molecule is CC(C)n1nc(C(=O)N2CCN(S(=O)(=O)c3cccs3)CC2)c2ccccc2c1=O. The molecule has 158 valence electrons. The van der Waals surface area contributed by atoms with E-state index in [0.717, 1.165) is 0 Å². The first-order valence-corrected chi connectivity index (χ1v) is 12.0. The van der Waals surface area contributed by atoms with E-state index in [0.29, 0.717) is 15.0 Å². The molecule has 1 amide bonds. The zero-order chi connectivity index (χ0) is 21.5. The first kappa shape index (κ1) is 20.7. The number of piperazine rings is 1. The third-order valence-electron chi connectivity index (χ3n) is 5.14. The van der Waals surface area contributed by atoms with Crippen LogP contribution in [0.4, 0.5) is 0 Å². The van der Waals surface area contributed by atoms with Gasteiger partial charge in [0, 0.05) is 31.6 Å². The Morgan fingerprint density at radius 1 is 1.03 bits per heavy atom. The minimum Gasteiger partial charge on any atom is -0.335 e. The van der Waals surface area contributed by atoms with E-state index in [1.54, 1.807) is 46.7 Å². The van der Waals surface area contributed by atoms with Crippen molar-refractivity contribution in [3.63, 3.8) is 0 Å². The summed E-state index contributed by atoms with van der Waals surface area (Å²) < 4.78 is 28.5. The molecule has 0 spiro atoms. The van der Waals surface area contributed by atoms with Crippen LogP contribution in [0.3, 0.4) is 0 Å². The Morgan fingerprint density at radius 3 is 2.30 bits per heavy atom. The average Bonchev–Trinajstić information content (AvgIpc) is 3.29. The van der Waals surface area contributed by atoms with E-state index in [1.807, 2.05) is 13.8 Å². The number of hydrogen-bond acceptors (Lipinski definition) is 6. The van der Waals surface area contributed by atoms with Gasteiger partial charge in [-0.3, -0.25) is 9.59 Å². The van der Waals surface area contributed by atoms with E-state index in [-0.39, 0.29) is 49.4 Å². The molecular formula is C20H22N4O4S2. The lowest BCUT2D eigenvalue weighted by molar-refractivity contribution is 0.0691. The lowest BCUT2D eigenvalue weighted by atomic mass is 10.1. The highest BCUT2D eigenvalue weighted by Gasteiger charge is 2.32. The van der Waals surface area contributed by atoms with E-state index < -0.39 is 10.0 Å². The van der Waals surface area contributed by atoms with Gasteiger partial charge in [0.1, 0.15) is 4.21 Å². The Balaban J connectivity index is 1.62. The summed E-state index contributed by atoms with van der Waals surface area (Å²) in [7, 11) is -3.54. The third kappa shape index (κ3) is 3.55. The van der Waals surface area contributed by atoms with Crippen LogP contribution in [0.25, 0.3) is 10.8 Å². The Kier molecular flexibility index (Phi) is 5.48. The van der Waals surface area contributed by atoms with Gasteiger partial charge in [0.15, 0.2) is 5.69 Å². The number of rotatable bonds is 4. The largest absolute Gasteiger partial charge is 0.335 e. The summed E-state index contributed by atoms with van der Waals surface area (Å²) in [5.41, 5.74) is -0.0162. The molecule has 2 aromatic heterocycles. The van der Waals surface area contributed by atoms with Crippen LogP contribution in [-0.2, 0) is 10.0 Å². The molecule has 1 aliphatic rings. The van der Waals surface area contributed by atoms with Crippen molar-refractivity contribution in [1.82, 2.24) is 19.0 Å². The van der Waals surface area contributed by atoms with Crippen molar-refractivity contribution in [2.75, 3.05) is 26.2 Å². The number of aromatic nitrogens is 2. The summed E-state index contributed by atoms with van der Waals surface area (Å²) in [6, 6.07) is 10.0. The highest BCUT2D eigenvalue weighted by atomic mass is 32.2. The highest BCUT2D eigenvalue weighted by Crippen LogP contribution is 2.23. The second kappa shape index (κ2) is 7.93. The van der Waals surface area contributed by atoms with Gasteiger partial charge < -0.3 is 4.90 Å². The second-order valence-corrected chi connectivity index (χ2v) is 10.5. The Labute approximate surface area is 178 Å². The van der Waals surface area contributed by atoms with Crippen molar-refractivity contribution in [3.8, 4) is 0 Å². The number of carbonyl (C=O) groups is 1. The minimum absolute atomic E-state index is 0.193. The first-order chi connectivity index (χ1) is 14.3. The van der Waals surface area contributed by atoms with E-state index >= 15 is 0 Å². The molecule has 3 heterocycles. The van der Waals surface area contributed by atoms with E-state index in [4.69, 9.17) is 0 Å². The molecule has 0 atom stereocenters. The molecule has 3 aromatic rings. The number of benzene rings is 1. The predicted octanol–water partition coefficient (Wildman–Crippen LogP) is 2.19. The molecular weight excluding hydrogens is 424 g/mol. The Morgan fingerprint density at radius 2 is 1.70 bits per heavy atom. The molecule has 1 fully saturated rings. The number of thiophene rings is 1. The standard InChI is InChI=1S/C20H22N4O4S2/c1-14(2)24-19(25)16-7-4-3-6-15(16)18(21-24)20(26)22-9-11-23(12-10-22)30(27,28)17-8-5-13-29-17/h3-8,13-14H,9-12H2,1-2H3. The summed E-state index contributed by atoms with van der Waals surface area (Å²) in [6.07, 6.45) is 0. The average molecular weight is 447 g/mol. The normalized spacial score (nSPS) is 15.8. The monoisotopic (exact) mass is 446 g/mol. The summed E-state index contributed by atoms with van der Waals surface area (Å²) >= 11 is 1.18. The summed E-state index contributed by atoms with van der Waals surface area (Å²) in [5.74, 6) is -0.297. The molecule has 1 aliphatic heterocycles. The molecule has 1 saturated heterocycles. The zero-order valence-corrected chi connectivity index (χ0v) is 18.3. The van der Waals surface area contributed by atoms with Gasteiger partial charge in [-0.25, -0.2) is 13.1 Å². The van der Waals surface area contributed by atoms with Crippen LogP contribution in [-0.4, -0.2) is 59.5 Å². The van der Waals surface area contributed by atoms with Crippen LogP contribution in [0.1, 0.15) is 30.4 Å². The van der Waals surface area contributed by atoms with Crippen LogP contribution >= 0.6 is 11.3 Å². The van der Waals surface area contributed by atoms with Crippen molar-refractivity contribution in [2.24, 2.45) is 0 Å². The van der Waals surface area contributed by atoms with Crippen molar-refractivity contribution in [2.45, 2.75) is 24.1 Å². The summed E-state index contributed by atoms with van der Waals surface area (Å²) in [4.78, 5) is 27.6. The fourth-order valence-corrected chi connectivity index (χ4v) is 6.10. The smallest absolute Gasteiger partial charge is 0.275 e. The van der Waals surface area contributed by atoms with Gasteiger partial charge in [0.2, 0.25) is 0 Å². The van der Waals surface area contributed by atoms with Gasteiger partial charge in [-0.15, -0.1) is 11.3 Å². The topological polar surface area (TPSA) is 92.6 Å². The fraction of sp³-hybridized carbons (Fsp3) is 0.350. The third-order valence-corrected chi connectivity index (χ3v) is 8.41. The molecule has 8 nitrogen and oxygen atoms in total. The Hall–Kier alpha value is -2.56. The van der Waals surface area contributed by atoms with Crippen LogP contribution in [0.5, 0.6) is 0 Å². The Bertz CT molecular complexity index is 1240. The lowest BCUT2D eigenvalue weighted by Gasteiger charge is -2.33. The van der Waals surface area contributed by atoms with E-state index in [1.165, 1.54) is 20.3 Å². The predicted molar refractivity (Wildman–Crippen MR) is 115 cm³/mol. The van der Waals surface area contributed by atoms with Gasteiger partial charge in [-0.2, -0.15) is 9.40 Å². The summed E-state index contributed by atoms with van der Waals surface area (Å²) in [6.45, 7) is 4.64. The maximum atomic E-state index is 13.3. The second-order valence-electron chi connectivity index (χ2n) is 7.37. The van der Waals surface area contributed by atoms with Crippen molar-refractivity contribution in [3.05, 3.63) is 57.8 Å². The molecule has 4 rings (SSSR count). The number of fused-ring (bicyclic) bond motifs is 1. The number of carbonyl (C=O) groups excluding carboxylic acids is 1. The maximum Gasteiger partial charge on any atom is 0.275 e. The molecule has 0 bridgehead atoms. The van der Waals surface area contributed by atoms with Crippen molar-refractivity contribution in [1.29, 1.82) is 0 Å². The quantitative estimate of drug-likeness (QED) is 0.613. The molecule has 0 radical (unpaired) electrons. The number of amides is 1. The van der Waals surface area contributed by atoms with Gasteiger partial charge in [-0.1, -0.05) is 24.3 Å². The molecule has 0 saturated carbocycles. The van der Waals surface area contributed by atoms with Crippen LogP contribution in [0.2, 0.25) is 0 Å². The van der Waals surface area contributed by atoms with E-state index in [9.17, 15) is 18.0 Å². The number of hydrogen-bond donors (Lipinski definition) is 0. The molecule has 1 aromatic carbocycles. The molecule has 0 aliphatic carbocycles. The molecule has 10 heteroatoms. The zero-order valence-electron chi connectivity index (χ0n) is 16.7. The molecule has 30 heavy (non-hydrogen) atoms. The minimum atomic E-state index is -3.54. The highest BCUT2D eigenvalue weighted by molar-refractivity contribution is 7.91. The molecule has 0 N–H and O–H groups in total. The van der Waals surface area contributed by atoms with Gasteiger partial charge in [-0.05, 0) is 31.4 Å². The lowest BCUT2D eigenvalue weighted by Crippen LogP contribution is -2.50. The molecule has 0 unspecified atom stereocenters. The summed E-state index contributed by atoms with van der Waals surface area (Å²) in [5, 5.41) is 7.06. The van der Waals surface area contributed by atoms with Gasteiger partial charge >= 0.3 is 0 Å². The fourth-order valence-electron chi connectivity index (χ4n) is 3.53. The van der Waals surface area contributed by atoms with Crippen LogP contribution in [0.15, 0.2) is 50.8 Å². The number of sulfonamides is 1. The van der Waals surface area contributed by atoms with Crippen molar-refractivity contribution < 1.29 is 13.2 Å². The van der Waals surface area contributed by atoms with Gasteiger partial charge in [0.25, 0.3) is 21.5 Å². The van der Waals surface area contributed by atoms with Crippen LogP contribution < -0.4 is 5.56 Å². The van der Waals surface area contributed by atoms with Crippen LogP contribution in [0, 0.1) is 0 Å². The van der Waals surface area contributed by atoms with E-state index in [2.05, 4.69) is 5.10 Å². The maximum absolute atomic E-state index is 13.3. The van der Waals surface area contributed by atoms with Gasteiger partial charge in [0.05, 0.1) is 11.4 Å². The number of nitrogens with zero attached hydrogens (tertiary/aromatic N) is 4. The first-order valence-electron chi connectivity index (χ1n) is 9.65. The van der Waals surface area contributed by atoms with Crippen molar-refractivity contribution >= 4 is 38.0 Å².